The van der Waals surface area contributed by atoms with Crippen molar-refractivity contribution >= 4 is 28.2 Å². The molecule has 0 radical (unpaired) electrons. The molecule has 0 spiro atoms. The zero-order chi connectivity index (χ0) is 14.0. The molecule has 1 aliphatic carbocycles. The van der Waals surface area contributed by atoms with Crippen molar-refractivity contribution in [2.75, 3.05) is 11.9 Å². The van der Waals surface area contributed by atoms with Gasteiger partial charge in [0.25, 0.3) is 0 Å². The van der Waals surface area contributed by atoms with E-state index in [1.807, 2.05) is 30.3 Å². The van der Waals surface area contributed by atoms with Crippen LogP contribution in [0.25, 0.3) is 10.8 Å². The first kappa shape index (κ1) is 13.7. The van der Waals surface area contributed by atoms with Crippen LogP contribution in [0.4, 0.5) is 5.82 Å². The van der Waals surface area contributed by atoms with Crippen molar-refractivity contribution in [3.05, 3.63) is 35.5 Å². The number of benzene rings is 1. The number of aliphatic hydroxyl groups is 1. The van der Waals surface area contributed by atoms with Gasteiger partial charge in [-0.05, 0) is 24.3 Å². The van der Waals surface area contributed by atoms with Crippen molar-refractivity contribution in [3.8, 4) is 0 Å². The number of pyridine rings is 1. The molecule has 3 rings (SSSR count). The fourth-order valence-corrected chi connectivity index (χ4v) is 3.15. The van der Waals surface area contributed by atoms with Crippen LogP contribution < -0.4 is 5.32 Å². The molecule has 1 saturated carbocycles. The van der Waals surface area contributed by atoms with Crippen molar-refractivity contribution in [3.63, 3.8) is 0 Å². The van der Waals surface area contributed by atoms with E-state index in [1.165, 1.54) is 6.42 Å². The second kappa shape index (κ2) is 5.58. The predicted molar refractivity (Wildman–Crippen MR) is 83.3 cm³/mol. The van der Waals surface area contributed by atoms with Gasteiger partial charge in [-0.2, -0.15) is 0 Å². The highest BCUT2D eigenvalue weighted by Gasteiger charge is 2.28. The molecule has 1 aliphatic rings. The molecule has 3 nitrogen and oxygen atoms in total. The molecule has 1 aromatic heterocycles. The molecule has 106 valence electrons. The van der Waals surface area contributed by atoms with E-state index in [0.717, 1.165) is 42.3 Å². The molecule has 4 heteroatoms. The Morgan fingerprint density at radius 1 is 1.20 bits per heavy atom. The molecule has 2 aromatic rings. The minimum atomic E-state index is -0.599. The standard InChI is InChI=1S/C16H19ClN2O/c17-15-13-7-3-2-6-12(13)10-14(19-15)18-11-16(20)8-4-1-5-9-16/h2-3,6-7,10,20H,1,4-5,8-9,11H2,(H,18,19). The van der Waals surface area contributed by atoms with Gasteiger partial charge in [0.2, 0.25) is 0 Å². The number of rotatable bonds is 3. The quantitative estimate of drug-likeness (QED) is 0.840. The largest absolute Gasteiger partial charge is 0.388 e. The van der Waals surface area contributed by atoms with E-state index >= 15 is 0 Å². The molecular formula is C16H19ClN2O. The summed E-state index contributed by atoms with van der Waals surface area (Å²) in [5.74, 6) is 0.729. The summed E-state index contributed by atoms with van der Waals surface area (Å²) in [5.41, 5.74) is -0.599. The second-order valence-corrected chi connectivity index (χ2v) is 6.02. The van der Waals surface area contributed by atoms with Crippen LogP contribution in [0.3, 0.4) is 0 Å². The summed E-state index contributed by atoms with van der Waals surface area (Å²) < 4.78 is 0. The van der Waals surface area contributed by atoms with Gasteiger partial charge in [-0.1, -0.05) is 55.1 Å². The van der Waals surface area contributed by atoms with E-state index in [9.17, 15) is 5.11 Å². The maximum Gasteiger partial charge on any atom is 0.139 e. The zero-order valence-corrected chi connectivity index (χ0v) is 12.2. The van der Waals surface area contributed by atoms with Crippen molar-refractivity contribution in [1.82, 2.24) is 4.98 Å². The monoisotopic (exact) mass is 290 g/mol. The number of hydrogen-bond acceptors (Lipinski definition) is 3. The van der Waals surface area contributed by atoms with Crippen LogP contribution in [0.15, 0.2) is 30.3 Å². The molecule has 0 aliphatic heterocycles. The lowest BCUT2D eigenvalue weighted by atomic mass is 9.85. The van der Waals surface area contributed by atoms with Gasteiger partial charge in [0, 0.05) is 11.9 Å². The highest BCUT2D eigenvalue weighted by molar-refractivity contribution is 6.34. The van der Waals surface area contributed by atoms with Crippen LogP contribution >= 0.6 is 11.6 Å². The minimum absolute atomic E-state index is 0.501. The Balaban J connectivity index is 1.77. The molecule has 1 fully saturated rings. The van der Waals surface area contributed by atoms with E-state index in [2.05, 4.69) is 10.3 Å². The van der Waals surface area contributed by atoms with Gasteiger partial charge in [-0.25, -0.2) is 4.98 Å². The average molecular weight is 291 g/mol. The van der Waals surface area contributed by atoms with E-state index in [4.69, 9.17) is 11.6 Å². The number of halogens is 1. The molecule has 1 heterocycles. The van der Waals surface area contributed by atoms with E-state index in [0.29, 0.717) is 11.7 Å². The third kappa shape index (κ3) is 2.89. The summed E-state index contributed by atoms with van der Waals surface area (Å²) in [5, 5.41) is 16.3. The van der Waals surface area contributed by atoms with E-state index in [-0.39, 0.29) is 0 Å². The molecule has 0 amide bonds. The Morgan fingerprint density at radius 3 is 2.75 bits per heavy atom. The minimum Gasteiger partial charge on any atom is -0.388 e. The van der Waals surface area contributed by atoms with Gasteiger partial charge < -0.3 is 10.4 Å². The fraction of sp³-hybridized carbons (Fsp3) is 0.438. The Hall–Kier alpha value is -1.32. The van der Waals surface area contributed by atoms with Gasteiger partial charge in [0.1, 0.15) is 11.0 Å². The van der Waals surface area contributed by atoms with Crippen molar-refractivity contribution in [2.45, 2.75) is 37.7 Å². The number of fused-ring (bicyclic) bond motifs is 1. The Kier molecular flexibility index (Phi) is 3.81. The van der Waals surface area contributed by atoms with Crippen LogP contribution in [0.2, 0.25) is 5.15 Å². The average Bonchev–Trinajstić information content (AvgIpc) is 2.46. The van der Waals surface area contributed by atoms with Crippen molar-refractivity contribution < 1.29 is 5.11 Å². The summed E-state index contributed by atoms with van der Waals surface area (Å²) in [6.45, 7) is 0.536. The molecule has 0 saturated heterocycles. The first-order chi connectivity index (χ1) is 9.66. The summed E-state index contributed by atoms with van der Waals surface area (Å²) in [7, 11) is 0. The molecule has 0 atom stereocenters. The number of aromatic nitrogens is 1. The topological polar surface area (TPSA) is 45.1 Å². The van der Waals surface area contributed by atoms with Crippen LogP contribution in [0.1, 0.15) is 32.1 Å². The molecule has 20 heavy (non-hydrogen) atoms. The summed E-state index contributed by atoms with van der Waals surface area (Å²) in [6, 6.07) is 9.89. The maximum absolute atomic E-state index is 10.5. The Labute approximate surface area is 124 Å². The molecule has 1 aromatic carbocycles. The number of nitrogens with one attached hydrogen (secondary N) is 1. The third-order valence-corrected chi connectivity index (χ3v) is 4.36. The lowest BCUT2D eigenvalue weighted by molar-refractivity contribution is 0.0166. The van der Waals surface area contributed by atoms with Crippen molar-refractivity contribution in [1.29, 1.82) is 0 Å². The third-order valence-electron chi connectivity index (χ3n) is 4.08. The van der Waals surface area contributed by atoms with Gasteiger partial charge in [-0.15, -0.1) is 0 Å². The lowest BCUT2D eigenvalue weighted by Crippen LogP contribution is -2.38. The maximum atomic E-state index is 10.5. The zero-order valence-electron chi connectivity index (χ0n) is 11.4. The van der Waals surface area contributed by atoms with Crippen molar-refractivity contribution in [2.24, 2.45) is 0 Å². The SMILES string of the molecule is OC1(CNc2cc3ccccc3c(Cl)n2)CCCCC1. The predicted octanol–water partition coefficient (Wildman–Crippen LogP) is 4.00. The molecule has 2 N–H and O–H groups in total. The smallest absolute Gasteiger partial charge is 0.139 e. The van der Waals surface area contributed by atoms with E-state index in [1.54, 1.807) is 0 Å². The van der Waals surface area contributed by atoms with Crippen LogP contribution in [0.5, 0.6) is 0 Å². The van der Waals surface area contributed by atoms with Crippen LogP contribution in [-0.4, -0.2) is 22.2 Å². The summed E-state index contributed by atoms with van der Waals surface area (Å²) in [6.07, 6.45) is 5.15. The number of nitrogens with zero attached hydrogens (tertiary/aromatic N) is 1. The highest BCUT2D eigenvalue weighted by Crippen LogP contribution is 2.29. The summed E-state index contributed by atoms with van der Waals surface area (Å²) in [4.78, 5) is 4.36. The van der Waals surface area contributed by atoms with Crippen LogP contribution in [-0.2, 0) is 0 Å². The fourth-order valence-electron chi connectivity index (χ4n) is 2.89. The number of hydrogen-bond donors (Lipinski definition) is 2. The Morgan fingerprint density at radius 2 is 1.95 bits per heavy atom. The number of anilines is 1. The van der Waals surface area contributed by atoms with Gasteiger partial charge >= 0.3 is 0 Å². The van der Waals surface area contributed by atoms with Crippen LogP contribution in [0, 0.1) is 0 Å². The van der Waals surface area contributed by atoms with Gasteiger partial charge in [0.05, 0.1) is 5.60 Å². The first-order valence-corrected chi connectivity index (χ1v) is 7.56. The lowest BCUT2D eigenvalue weighted by Gasteiger charge is -2.32. The molecular weight excluding hydrogens is 272 g/mol. The molecule has 0 bridgehead atoms. The summed E-state index contributed by atoms with van der Waals surface area (Å²) >= 11 is 6.20. The molecule has 0 unspecified atom stereocenters. The van der Waals surface area contributed by atoms with Gasteiger partial charge in [0.15, 0.2) is 0 Å². The van der Waals surface area contributed by atoms with E-state index < -0.39 is 5.60 Å². The first-order valence-electron chi connectivity index (χ1n) is 7.18. The van der Waals surface area contributed by atoms with Gasteiger partial charge in [-0.3, -0.25) is 0 Å². The normalized spacial score (nSPS) is 18.1. The highest BCUT2D eigenvalue weighted by atomic mass is 35.5. The Bertz CT molecular complexity index is 608. The second-order valence-electron chi connectivity index (χ2n) is 5.66.